The van der Waals surface area contributed by atoms with Crippen LogP contribution in [-0.4, -0.2) is 41.2 Å². The summed E-state index contributed by atoms with van der Waals surface area (Å²) in [5, 5.41) is 18.3. The van der Waals surface area contributed by atoms with Crippen molar-refractivity contribution in [2.24, 2.45) is 0 Å². The van der Waals surface area contributed by atoms with Crippen molar-refractivity contribution in [3.63, 3.8) is 0 Å². The molecule has 0 radical (unpaired) electrons. The Labute approximate surface area is 118 Å². The second-order valence-electron chi connectivity index (χ2n) is 4.88. The first-order valence-corrected chi connectivity index (χ1v) is 6.74. The van der Waals surface area contributed by atoms with Gasteiger partial charge >= 0.3 is 0 Å². The Morgan fingerprint density at radius 2 is 2.35 bits per heavy atom. The topological polar surface area (TPSA) is 73.6 Å². The van der Waals surface area contributed by atoms with E-state index in [0.29, 0.717) is 17.9 Å². The molecule has 1 saturated heterocycles. The van der Waals surface area contributed by atoms with E-state index in [0.717, 1.165) is 12.8 Å². The number of nitrogens with zero attached hydrogens (tertiary/aromatic N) is 2. The van der Waals surface area contributed by atoms with Gasteiger partial charge in [0.2, 0.25) is 0 Å². The molecule has 5 heteroatoms. The lowest BCUT2D eigenvalue weighted by Gasteiger charge is -2.26. The molecule has 1 heterocycles. The Hall–Kier alpha value is -2.06. The van der Waals surface area contributed by atoms with Gasteiger partial charge in [0, 0.05) is 6.54 Å². The van der Waals surface area contributed by atoms with Gasteiger partial charge < -0.3 is 14.7 Å². The van der Waals surface area contributed by atoms with Crippen LogP contribution in [0.5, 0.6) is 5.75 Å². The second-order valence-corrected chi connectivity index (χ2v) is 4.88. The van der Waals surface area contributed by atoms with E-state index in [2.05, 4.69) is 0 Å². The van der Waals surface area contributed by atoms with Gasteiger partial charge in [0.15, 0.2) is 6.10 Å². The standard InChI is InChI=1S/C15H18N2O3/c1-11(15(19)17-8-4-6-13(17)10-18)20-14-7-3-2-5-12(14)9-16/h2-3,5,7,11,13,18H,4,6,8,10H2,1H3/t11?,13-/m0/s1. The maximum Gasteiger partial charge on any atom is 0.263 e. The van der Waals surface area contributed by atoms with Gasteiger partial charge in [-0.3, -0.25) is 4.79 Å². The number of carbonyl (C=O) groups excluding carboxylic acids is 1. The van der Waals surface area contributed by atoms with Crippen molar-refractivity contribution < 1.29 is 14.6 Å². The van der Waals surface area contributed by atoms with Crippen molar-refractivity contribution in [3.8, 4) is 11.8 Å². The first kappa shape index (κ1) is 14.4. The normalized spacial score (nSPS) is 19.4. The lowest BCUT2D eigenvalue weighted by Crippen LogP contribution is -2.44. The molecule has 0 aliphatic carbocycles. The smallest absolute Gasteiger partial charge is 0.263 e. The quantitative estimate of drug-likeness (QED) is 0.898. The number of para-hydroxylation sites is 1. The third kappa shape index (κ3) is 2.91. The zero-order valence-electron chi connectivity index (χ0n) is 11.5. The van der Waals surface area contributed by atoms with Gasteiger partial charge in [0.25, 0.3) is 5.91 Å². The molecule has 1 aliphatic rings. The number of aliphatic hydroxyl groups excluding tert-OH is 1. The summed E-state index contributed by atoms with van der Waals surface area (Å²) in [6, 6.07) is 8.77. The average Bonchev–Trinajstić information content (AvgIpc) is 2.95. The van der Waals surface area contributed by atoms with Gasteiger partial charge in [0.05, 0.1) is 18.2 Å². The van der Waals surface area contributed by atoms with E-state index in [-0.39, 0.29) is 18.6 Å². The number of amides is 1. The van der Waals surface area contributed by atoms with Crippen LogP contribution in [0.3, 0.4) is 0 Å². The minimum absolute atomic E-state index is 0.0206. The second kappa shape index (κ2) is 6.40. The number of ether oxygens (including phenoxy) is 1. The Morgan fingerprint density at radius 3 is 3.05 bits per heavy atom. The molecule has 20 heavy (non-hydrogen) atoms. The summed E-state index contributed by atoms with van der Waals surface area (Å²) in [6.45, 7) is 2.30. The average molecular weight is 274 g/mol. The van der Waals surface area contributed by atoms with E-state index in [1.54, 1.807) is 36.1 Å². The Morgan fingerprint density at radius 1 is 1.60 bits per heavy atom. The van der Waals surface area contributed by atoms with Crippen LogP contribution in [0.25, 0.3) is 0 Å². The van der Waals surface area contributed by atoms with Gasteiger partial charge in [-0.2, -0.15) is 5.26 Å². The first-order chi connectivity index (χ1) is 9.67. The van der Waals surface area contributed by atoms with Crippen LogP contribution in [0, 0.1) is 11.3 Å². The predicted octanol–water partition coefficient (Wildman–Crippen LogP) is 1.31. The lowest BCUT2D eigenvalue weighted by atomic mass is 10.2. The molecule has 5 nitrogen and oxygen atoms in total. The zero-order chi connectivity index (χ0) is 14.5. The van der Waals surface area contributed by atoms with Crippen LogP contribution in [0.2, 0.25) is 0 Å². The number of rotatable bonds is 4. The minimum atomic E-state index is -0.670. The van der Waals surface area contributed by atoms with Gasteiger partial charge in [-0.25, -0.2) is 0 Å². The summed E-state index contributed by atoms with van der Waals surface area (Å²) in [6.07, 6.45) is 1.05. The predicted molar refractivity (Wildman–Crippen MR) is 73.1 cm³/mol. The Kier molecular flexibility index (Phi) is 4.59. The van der Waals surface area contributed by atoms with E-state index in [1.807, 2.05) is 6.07 Å². The molecule has 1 fully saturated rings. The zero-order valence-corrected chi connectivity index (χ0v) is 11.5. The molecule has 0 aromatic heterocycles. The molecular weight excluding hydrogens is 256 g/mol. The SMILES string of the molecule is CC(Oc1ccccc1C#N)C(=O)N1CCC[C@H]1CO. The summed E-state index contributed by atoms with van der Waals surface area (Å²) >= 11 is 0. The number of benzene rings is 1. The third-order valence-corrected chi connectivity index (χ3v) is 3.53. The molecular formula is C15H18N2O3. The van der Waals surface area contributed by atoms with Crippen molar-refractivity contribution >= 4 is 5.91 Å². The number of hydrogen-bond acceptors (Lipinski definition) is 4. The van der Waals surface area contributed by atoms with Crippen molar-refractivity contribution in [2.45, 2.75) is 31.9 Å². The number of aliphatic hydroxyl groups is 1. The molecule has 1 aromatic rings. The molecule has 1 amide bonds. The van der Waals surface area contributed by atoms with Crippen molar-refractivity contribution in [3.05, 3.63) is 29.8 Å². The van der Waals surface area contributed by atoms with Crippen LogP contribution in [-0.2, 0) is 4.79 Å². The van der Waals surface area contributed by atoms with Crippen molar-refractivity contribution in [2.75, 3.05) is 13.2 Å². The number of carbonyl (C=O) groups is 1. The monoisotopic (exact) mass is 274 g/mol. The van der Waals surface area contributed by atoms with Crippen LogP contribution in [0.1, 0.15) is 25.3 Å². The molecule has 1 N–H and O–H groups in total. The van der Waals surface area contributed by atoms with Gasteiger partial charge in [0.1, 0.15) is 11.8 Å². The fourth-order valence-electron chi connectivity index (χ4n) is 2.45. The molecule has 2 rings (SSSR count). The fourth-order valence-corrected chi connectivity index (χ4v) is 2.45. The van der Waals surface area contributed by atoms with E-state index in [4.69, 9.17) is 10.00 Å². The van der Waals surface area contributed by atoms with Crippen molar-refractivity contribution in [1.29, 1.82) is 5.26 Å². The van der Waals surface area contributed by atoms with Gasteiger partial charge in [-0.1, -0.05) is 12.1 Å². The summed E-state index contributed by atoms with van der Waals surface area (Å²) < 4.78 is 5.61. The molecule has 2 atom stereocenters. The molecule has 0 saturated carbocycles. The number of nitriles is 1. The molecule has 0 spiro atoms. The largest absolute Gasteiger partial charge is 0.480 e. The summed E-state index contributed by atoms with van der Waals surface area (Å²) in [5.74, 6) is 0.268. The summed E-state index contributed by atoms with van der Waals surface area (Å²) in [4.78, 5) is 14.0. The van der Waals surface area contributed by atoms with E-state index < -0.39 is 6.10 Å². The highest BCUT2D eigenvalue weighted by Gasteiger charge is 2.31. The van der Waals surface area contributed by atoms with E-state index in [1.165, 1.54) is 0 Å². The van der Waals surface area contributed by atoms with Crippen LogP contribution in [0.15, 0.2) is 24.3 Å². The molecule has 106 valence electrons. The molecule has 1 aliphatic heterocycles. The number of likely N-dealkylation sites (tertiary alicyclic amines) is 1. The van der Waals surface area contributed by atoms with Crippen LogP contribution >= 0.6 is 0 Å². The van der Waals surface area contributed by atoms with Crippen LogP contribution in [0.4, 0.5) is 0 Å². The highest BCUT2D eigenvalue weighted by Crippen LogP contribution is 2.22. The molecule has 1 unspecified atom stereocenters. The minimum Gasteiger partial charge on any atom is -0.480 e. The summed E-state index contributed by atoms with van der Waals surface area (Å²) in [5.41, 5.74) is 0.410. The van der Waals surface area contributed by atoms with E-state index >= 15 is 0 Å². The fraction of sp³-hybridized carbons (Fsp3) is 0.467. The van der Waals surface area contributed by atoms with Gasteiger partial charge in [-0.15, -0.1) is 0 Å². The maximum absolute atomic E-state index is 12.3. The number of hydrogen-bond donors (Lipinski definition) is 1. The third-order valence-electron chi connectivity index (χ3n) is 3.53. The Balaban J connectivity index is 2.06. The molecule has 1 aromatic carbocycles. The molecule has 0 bridgehead atoms. The highest BCUT2D eigenvalue weighted by molar-refractivity contribution is 5.81. The summed E-state index contributed by atoms with van der Waals surface area (Å²) in [7, 11) is 0. The van der Waals surface area contributed by atoms with Gasteiger partial charge in [-0.05, 0) is 31.9 Å². The van der Waals surface area contributed by atoms with Crippen LogP contribution < -0.4 is 4.74 Å². The highest BCUT2D eigenvalue weighted by atomic mass is 16.5. The van der Waals surface area contributed by atoms with E-state index in [9.17, 15) is 9.90 Å². The Bertz CT molecular complexity index is 524. The first-order valence-electron chi connectivity index (χ1n) is 6.74. The van der Waals surface area contributed by atoms with Crippen molar-refractivity contribution in [1.82, 2.24) is 4.90 Å². The maximum atomic E-state index is 12.3. The lowest BCUT2D eigenvalue weighted by molar-refractivity contribution is -0.139.